The molecule has 0 aliphatic heterocycles. The Kier molecular flexibility index (Phi) is 8.55. The SMILES string of the molecule is CCC(C(=O)Nc1ccc(Cl)cc1Cl)S(=O)(=O)CC(=O)Nc1ccc(OC)c(OC)c1. The van der Waals surface area contributed by atoms with Crippen LogP contribution in [0.1, 0.15) is 13.3 Å². The second kappa shape index (κ2) is 10.7. The van der Waals surface area contributed by atoms with Crippen molar-refractivity contribution in [3.8, 4) is 11.5 Å². The summed E-state index contributed by atoms with van der Waals surface area (Å²) in [6.45, 7) is 1.54. The Balaban J connectivity index is 2.11. The molecule has 0 aliphatic rings. The Bertz CT molecular complexity index is 1080. The molecule has 0 radical (unpaired) electrons. The topological polar surface area (TPSA) is 111 Å². The predicted molar refractivity (Wildman–Crippen MR) is 121 cm³/mol. The van der Waals surface area contributed by atoms with Crippen LogP contribution in [-0.2, 0) is 19.4 Å². The number of halogens is 2. The minimum atomic E-state index is -4.11. The van der Waals surface area contributed by atoms with E-state index in [-0.39, 0.29) is 17.1 Å². The van der Waals surface area contributed by atoms with E-state index in [0.717, 1.165) is 0 Å². The maximum atomic E-state index is 12.7. The Morgan fingerprint density at radius 2 is 1.68 bits per heavy atom. The van der Waals surface area contributed by atoms with Gasteiger partial charge in [-0.3, -0.25) is 9.59 Å². The summed E-state index contributed by atoms with van der Waals surface area (Å²) in [4.78, 5) is 24.9. The predicted octanol–water partition coefficient (Wildman–Crippen LogP) is 3.78. The Morgan fingerprint density at radius 1 is 1.00 bits per heavy atom. The number of benzene rings is 2. The summed E-state index contributed by atoms with van der Waals surface area (Å²) in [5, 5.41) is 4.06. The largest absolute Gasteiger partial charge is 0.493 e. The third kappa shape index (κ3) is 6.49. The molecule has 2 N–H and O–H groups in total. The molecule has 2 aromatic rings. The Morgan fingerprint density at radius 3 is 2.26 bits per heavy atom. The molecule has 0 saturated heterocycles. The van der Waals surface area contributed by atoms with Crippen LogP contribution in [0.3, 0.4) is 0 Å². The van der Waals surface area contributed by atoms with Crippen molar-refractivity contribution in [2.75, 3.05) is 30.6 Å². The van der Waals surface area contributed by atoms with Crippen molar-refractivity contribution in [2.45, 2.75) is 18.6 Å². The average Bonchev–Trinajstić information content (AvgIpc) is 2.69. The van der Waals surface area contributed by atoms with Crippen molar-refractivity contribution in [2.24, 2.45) is 0 Å². The van der Waals surface area contributed by atoms with Gasteiger partial charge in [-0.05, 0) is 36.8 Å². The highest BCUT2D eigenvalue weighted by Crippen LogP contribution is 2.30. The quantitative estimate of drug-likeness (QED) is 0.555. The van der Waals surface area contributed by atoms with Crippen LogP contribution in [0.5, 0.6) is 11.5 Å². The first kappa shape index (κ1) is 24.8. The lowest BCUT2D eigenvalue weighted by atomic mass is 10.2. The molecule has 8 nitrogen and oxygen atoms in total. The maximum Gasteiger partial charge on any atom is 0.242 e. The van der Waals surface area contributed by atoms with Gasteiger partial charge in [0.05, 0.1) is 24.9 Å². The minimum Gasteiger partial charge on any atom is -0.493 e. The summed E-state index contributed by atoms with van der Waals surface area (Å²) in [5.74, 6) is -1.62. The van der Waals surface area contributed by atoms with Gasteiger partial charge >= 0.3 is 0 Å². The summed E-state index contributed by atoms with van der Waals surface area (Å²) in [6.07, 6.45) is -0.0248. The number of hydrogen-bond acceptors (Lipinski definition) is 6. The van der Waals surface area contributed by atoms with Crippen molar-refractivity contribution in [1.29, 1.82) is 0 Å². The van der Waals surface area contributed by atoms with Gasteiger partial charge < -0.3 is 20.1 Å². The summed E-state index contributed by atoms with van der Waals surface area (Å²) in [6, 6.07) is 9.00. The number of nitrogens with one attached hydrogen (secondary N) is 2. The van der Waals surface area contributed by atoms with Crippen molar-refractivity contribution in [1.82, 2.24) is 0 Å². The van der Waals surface area contributed by atoms with Crippen LogP contribution in [-0.4, -0.2) is 45.5 Å². The monoisotopic (exact) mass is 488 g/mol. The molecule has 2 aromatic carbocycles. The number of anilines is 2. The fourth-order valence-electron chi connectivity index (χ4n) is 2.80. The number of carbonyl (C=O) groups excluding carboxylic acids is 2. The molecule has 0 aliphatic carbocycles. The third-order valence-corrected chi connectivity index (χ3v) is 6.91. The van der Waals surface area contributed by atoms with Crippen LogP contribution < -0.4 is 20.1 Å². The van der Waals surface area contributed by atoms with E-state index in [1.54, 1.807) is 12.1 Å². The molecule has 0 saturated carbocycles. The van der Waals surface area contributed by atoms with E-state index in [2.05, 4.69) is 10.6 Å². The van der Waals surface area contributed by atoms with E-state index in [0.29, 0.717) is 22.2 Å². The molecule has 2 rings (SSSR count). The molecule has 11 heteroatoms. The summed E-state index contributed by atoms with van der Waals surface area (Å²) >= 11 is 11.8. The highest BCUT2D eigenvalue weighted by Gasteiger charge is 2.33. The molecular weight excluding hydrogens is 467 g/mol. The minimum absolute atomic E-state index is 0.0248. The Hall–Kier alpha value is -2.49. The number of rotatable bonds is 9. The van der Waals surface area contributed by atoms with Crippen LogP contribution in [0.15, 0.2) is 36.4 Å². The molecule has 0 heterocycles. The number of carbonyl (C=O) groups is 2. The molecule has 0 aromatic heterocycles. The lowest BCUT2D eigenvalue weighted by molar-refractivity contribution is -0.115. The van der Waals surface area contributed by atoms with Gasteiger partial charge in [0.15, 0.2) is 21.3 Å². The highest BCUT2D eigenvalue weighted by molar-refractivity contribution is 7.93. The second-order valence-corrected chi connectivity index (χ2v) is 9.46. The fraction of sp³-hybridized carbons (Fsp3) is 0.300. The molecule has 2 amide bonds. The maximum absolute atomic E-state index is 12.7. The lowest BCUT2D eigenvalue weighted by Gasteiger charge is -2.17. The molecule has 168 valence electrons. The van der Waals surface area contributed by atoms with Gasteiger partial charge in [-0.2, -0.15) is 0 Å². The van der Waals surface area contributed by atoms with Crippen molar-refractivity contribution in [3.63, 3.8) is 0 Å². The van der Waals surface area contributed by atoms with Crippen LogP contribution in [0.4, 0.5) is 11.4 Å². The summed E-state index contributed by atoms with van der Waals surface area (Å²) in [5.41, 5.74) is 0.544. The van der Waals surface area contributed by atoms with Gasteiger partial charge in [-0.15, -0.1) is 0 Å². The van der Waals surface area contributed by atoms with Gasteiger partial charge in [0.2, 0.25) is 11.8 Å². The van der Waals surface area contributed by atoms with Crippen molar-refractivity contribution >= 4 is 56.2 Å². The van der Waals surface area contributed by atoms with E-state index in [1.165, 1.54) is 45.4 Å². The van der Waals surface area contributed by atoms with E-state index in [1.807, 2.05) is 0 Å². The zero-order valence-electron chi connectivity index (χ0n) is 17.1. The van der Waals surface area contributed by atoms with E-state index in [9.17, 15) is 18.0 Å². The second-order valence-electron chi connectivity index (χ2n) is 6.44. The molecular formula is C20H22Cl2N2O6S. The summed E-state index contributed by atoms with van der Waals surface area (Å²) in [7, 11) is -1.21. The highest BCUT2D eigenvalue weighted by atomic mass is 35.5. The van der Waals surface area contributed by atoms with Crippen molar-refractivity contribution < 1.29 is 27.5 Å². The van der Waals surface area contributed by atoms with E-state index < -0.39 is 32.7 Å². The van der Waals surface area contributed by atoms with Crippen LogP contribution in [0.2, 0.25) is 10.0 Å². The first-order valence-corrected chi connectivity index (χ1v) is 11.6. The number of methoxy groups -OCH3 is 2. The number of sulfone groups is 1. The molecule has 0 bridgehead atoms. The van der Waals surface area contributed by atoms with Crippen LogP contribution in [0, 0.1) is 0 Å². The first-order valence-electron chi connectivity index (χ1n) is 9.10. The fourth-order valence-corrected chi connectivity index (χ4v) is 4.79. The zero-order chi connectivity index (χ0) is 23.2. The van der Waals surface area contributed by atoms with Crippen LogP contribution in [0.25, 0.3) is 0 Å². The smallest absolute Gasteiger partial charge is 0.242 e. The lowest BCUT2D eigenvalue weighted by Crippen LogP contribution is -2.39. The van der Waals surface area contributed by atoms with Gasteiger partial charge in [0.25, 0.3) is 0 Å². The molecule has 1 unspecified atom stereocenters. The molecule has 0 fully saturated rings. The number of hydrogen-bond donors (Lipinski definition) is 2. The first-order chi connectivity index (χ1) is 14.6. The van der Waals surface area contributed by atoms with E-state index >= 15 is 0 Å². The Labute approximate surface area is 190 Å². The zero-order valence-corrected chi connectivity index (χ0v) is 19.4. The molecule has 1 atom stereocenters. The van der Waals surface area contributed by atoms with E-state index in [4.69, 9.17) is 32.7 Å². The van der Waals surface area contributed by atoms with Gasteiger partial charge in [0, 0.05) is 16.8 Å². The van der Waals surface area contributed by atoms with Gasteiger partial charge in [-0.25, -0.2) is 8.42 Å². The van der Waals surface area contributed by atoms with Crippen molar-refractivity contribution in [3.05, 3.63) is 46.4 Å². The third-order valence-electron chi connectivity index (χ3n) is 4.29. The average molecular weight is 489 g/mol. The standard InChI is InChI=1S/C20H22Cl2N2O6S/c1-4-18(20(26)24-15-7-5-12(21)9-14(15)22)31(27,28)11-19(25)23-13-6-8-16(29-2)17(10-13)30-3/h5-10,18H,4,11H2,1-3H3,(H,23,25)(H,24,26). The van der Waals surface area contributed by atoms with Crippen LogP contribution >= 0.6 is 23.2 Å². The molecule has 31 heavy (non-hydrogen) atoms. The number of ether oxygens (including phenoxy) is 2. The van der Waals surface area contributed by atoms with Gasteiger partial charge in [0.1, 0.15) is 11.0 Å². The van der Waals surface area contributed by atoms with Gasteiger partial charge in [-0.1, -0.05) is 30.1 Å². The molecule has 0 spiro atoms. The summed E-state index contributed by atoms with van der Waals surface area (Å²) < 4.78 is 35.7. The number of amides is 2. The normalized spacial score (nSPS) is 12.0.